The van der Waals surface area contributed by atoms with Gasteiger partial charge in [-0.15, -0.1) is 3.89 Å². The van der Waals surface area contributed by atoms with E-state index in [2.05, 4.69) is 0 Å². The molecule has 0 aliphatic rings. The van der Waals surface area contributed by atoms with Crippen LogP contribution in [0, 0.1) is 5.82 Å². The number of rotatable bonds is 2. The van der Waals surface area contributed by atoms with Crippen molar-refractivity contribution in [1.82, 2.24) is 0 Å². The van der Waals surface area contributed by atoms with Crippen molar-refractivity contribution in [3.05, 3.63) is 34.6 Å². The molecule has 0 heterocycles. The van der Waals surface area contributed by atoms with E-state index < -0.39 is 21.8 Å². The van der Waals surface area contributed by atoms with Crippen molar-refractivity contribution >= 4 is 21.8 Å². The molecule has 0 aliphatic carbocycles. The first kappa shape index (κ1) is 10.4. The highest BCUT2D eigenvalue weighted by Gasteiger charge is 2.10. The third-order valence-electron chi connectivity index (χ3n) is 1.32. The highest BCUT2D eigenvalue weighted by molar-refractivity contribution is 7.85. The van der Waals surface area contributed by atoms with Gasteiger partial charge in [0.1, 0.15) is 11.6 Å². The minimum Gasteiger partial charge on any atom is -0.205 e. The summed E-state index contributed by atoms with van der Waals surface area (Å²) in [6, 6.07) is 3.23. The molecule has 0 aromatic heterocycles. The van der Waals surface area contributed by atoms with Crippen molar-refractivity contribution in [1.29, 1.82) is 0 Å². The minimum absolute atomic E-state index is 0.119. The van der Waals surface area contributed by atoms with Crippen LogP contribution in [0.3, 0.4) is 0 Å². The zero-order valence-electron chi connectivity index (χ0n) is 6.30. The highest BCUT2D eigenvalue weighted by Crippen LogP contribution is 2.17. The Balaban J connectivity index is 2.99. The molecule has 1 rings (SSSR count). The molecule has 0 fully saturated rings. The summed E-state index contributed by atoms with van der Waals surface area (Å²) in [5, 5.41) is -0.221. The molecule has 72 valence electrons. The van der Waals surface area contributed by atoms with E-state index >= 15 is 0 Å². The van der Waals surface area contributed by atoms with Gasteiger partial charge in [-0.25, -0.2) is 4.39 Å². The van der Waals surface area contributed by atoms with Crippen LogP contribution in [-0.4, -0.2) is 8.42 Å². The Kier molecular flexibility index (Phi) is 2.87. The van der Waals surface area contributed by atoms with E-state index in [4.69, 9.17) is 11.6 Å². The smallest absolute Gasteiger partial charge is 0.205 e. The minimum atomic E-state index is -4.59. The molecule has 6 heteroatoms. The lowest BCUT2D eigenvalue weighted by molar-refractivity contribution is 0.551. The maximum Gasteiger partial charge on any atom is 0.306 e. The van der Waals surface area contributed by atoms with E-state index in [-0.39, 0.29) is 10.6 Å². The summed E-state index contributed by atoms with van der Waals surface area (Å²) >= 11 is 5.35. The van der Waals surface area contributed by atoms with E-state index in [1.807, 2.05) is 0 Å². The van der Waals surface area contributed by atoms with Gasteiger partial charge in [-0.3, -0.25) is 0 Å². The maximum atomic E-state index is 12.6. The molecular weight excluding hydrogens is 222 g/mol. The molecule has 0 saturated carbocycles. The van der Waals surface area contributed by atoms with E-state index in [9.17, 15) is 16.7 Å². The van der Waals surface area contributed by atoms with Crippen LogP contribution >= 0.6 is 11.6 Å². The molecule has 0 amide bonds. The van der Waals surface area contributed by atoms with Crippen molar-refractivity contribution in [2.45, 2.75) is 5.75 Å². The van der Waals surface area contributed by atoms with Crippen LogP contribution < -0.4 is 0 Å². The summed E-state index contributed by atoms with van der Waals surface area (Å²) in [5.41, 5.74) is 0.119. The van der Waals surface area contributed by atoms with Gasteiger partial charge in [0.2, 0.25) is 0 Å². The van der Waals surface area contributed by atoms with Gasteiger partial charge in [0.25, 0.3) is 0 Å². The van der Waals surface area contributed by atoms with Crippen LogP contribution in [0.15, 0.2) is 18.2 Å². The molecule has 0 saturated heterocycles. The molecule has 0 unspecified atom stereocenters. The second-order valence-corrected chi connectivity index (χ2v) is 4.21. The Bertz CT molecular complexity index is 417. The molecule has 13 heavy (non-hydrogen) atoms. The second-order valence-electron chi connectivity index (χ2n) is 2.43. The van der Waals surface area contributed by atoms with Crippen LogP contribution in [0.5, 0.6) is 0 Å². The zero-order chi connectivity index (χ0) is 10.1. The first-order valence-corrected chi connectivity index (χ1v) is 5.18. The molecule has 0 N–H and O–H groups in total. The molecular formula is C7H5ClF2O2S. The Labute approximate surface area is 79.4 Å². The van der Waals surface area contributed by atoms with Crippen LogP contribution in [0.2, 0.25) is 5.02 Å². The molecule has 0 radical (unpaired) electrons. The highest BCUT2D eigenvalue weighted by atomic mass is 35.5. The SMILES string of the molecule is O=S(=O)(F)Cc1ccc(F)c(Cl)c1. The van der Waals surface area contributed by atoms with E-state index in [1.165, 1.54) is 6.07 Å². The van der Waals surface area contributed by atoms with Gasteiger partial charge in [-0.1, -0.05) is 17.7 Å². The molecule has 2 nitrogen and oxygen atoms in total. The predicted octanol–water partition coefficient (Wildman–Crippen LogP) is 2.28. The fourth-order valence-electron chi connectivity index (χ4n) is 0.828. The van der Waals surface area contributed by atoms with Gasteiger partial charge in [0.05, 0.1) is 5.02 Å². The van der Waals surface area contributed by atoms with Crippen molar-refractivity contribution < 1.29 is 16.7 Å². The van der Waals surface area contributed by atoms with E-state index in [0.717, 1.165) is 12.1 Å². The average Bonchev–Trinajstić information content (AvgIpc) is 1.94. The topological polar surface area (TPSA) is 34.1 Å². The Morgan fingerprint density at radius 2 is 2.00 bits per heavy atom. The lowest BCUT2D eigenvalue weighted by Crippen LogP contribution is -1.96. The van der Waals surface area contributed by atoms with Crippen LogP contribution in [0.25, 0.3) is 0 Å². The summed E-state index contributed by atoms with van der Waals surface area (Å²) in [6.45, 7) is 0. The summed E-state index contributed by atoms with van der Waals surface area (Å²) in [7, 11) is -4.59. The number of hydrogen-bond donors (Lipinski definition) is 0. The summed E-state index contributed by atoms with van der Waals surface area (Å²) in [5.74, 6) is -1.45. The van der Waals surface area contributed by atoms with Gasteiger partial charge in [-0.2, -0.15) is 8.42 Å². The molecule has 0 spiro atoms. The second kappa shape index (κ2) is 3.59. The molecule has 1 aromatic carbocycles. The number of halogens is 3. The monoisotopic (exact) mass is 226 g/mol. The van der Waals surface area contributed by atoms with Crippen LogP contribution in [0.4, 0.5) is 8.28 Å². The van der Waals surface area contributed by atoms with Crippen molar-refractivity contribution in [2.75, 3.05) is 0 Å². The summed E-state index contributed by atoms with van der Waals surface area (Å²) in [4.78, 5) is 0. The predicted molar refractivity (Wildman–Crippen MR) is 45.1 cm³/mol. The Morgan fingerprint density at radius 1 is 1.38 bits per heavy atom. The number of benzene rings is 1. The van der Waals surface area contributed by atoms with Crippen molar-refractivity contribution in [3.8, 4) is 0 Å². The lowest BCUT2D eigenvalue weighted by atomic mass is 10.2. The standard InChI is InChI=1S/C7H5ClF2O2S/c8-6-3-5(1-2-7(6)9)4-13(10,11)12/h1-3H,4H2. The van der Waals surface area contributed by atoms with Crippen molar-refractivity contribution in [2.24, 2.45) is 0 Å². The lowest BCUT2D eigenvalue weighted by Gasteiger charge is -1.98. The Morgan fingerprint density at radius 3 is 2.46 bits per heavy atom. The molecule has 1 aromatic rings. The quantitative estimate of drug-likeness (QED) is 0.725. The summed E-state index contributed by atoms with van der Waals surface area (Å²) in [6.07, 6.45) is 0. The van der Waals surface area contributed by atoms with Gasteiger partial charge in [0.15, 0.2) is 0 Å². The zero-order valence-corrected chi connectivity index (χ0v) is 7.87. The maximum absolute atomic E-state index is 12.6. The third-order valence-corrected chi connectivity index (χ3v) is 2.29. The molecule has 0 aliphatic heterocycles. The third kappa shape index (κ3) is 3.28. The fraction of sp³-hybridized carbons (Fsp3) is 0.143. The first-order chi connectivity index (χ1) is 5.88. The normalized spacial score (nSPS) is 11.6. The first-order valence-electron chi connectivity index (χ1n) is 3.25. The van der Waals surface area contributed by atoms with Gasteiger partial charge in [-0.05, 0) is 17.7 Å². The van der Waals surface area contributed by atoms with Gasteiger partial charge < -0.3 is 0 Å². The Hall–Kier alpha value is -0.680. The van der Waals surface area contributed by atoms with Gasteiger partial charge in [0, 0.05) is 0 Å². The fourth-order valence-corrected chi connectivity index (χ4v) is 1.61. The average molecular weight is 227 g/mol. The molecule has 0 bridgehead atoms. The van der Waals surface area contributed by atoms with E-state index in [0.29, 0.717) is 0 Å². The molecule has 0 atom stereocenters. The van der Waals surface area contributed by atoms with E-state index in [1.54, 1.807) is 0 Å². The van der Waals surface area contributed by atoms with Gasteiger partial charge >= 0.3 is 10.2 Å². The van der Waals surface area contributed by atoms with Crippen molar-refractivity contribution in [3.63, 3.8) is 0 Å². The number of hydrogen-bond acceptors (Lipinski definition) is 2. The van der Waals surface area contributed by atoms with Crippen LogP contribution in [0.1, 0.15) is 5.56 Å². The summed E-state index contributed by atoms with van der Waals surface area (Å²) < 4.78 is 45.1. The largest absolute Gasteiger partial charge is 0.306 e. The van der Waals surface area contributed by atoms with Crippen LogP contribution in [-0.2, 0) is 16.0 Å².